The number of aliphatic hydroxyl groups is 1. The number of likely N-dealkylation sites (tertiary alicyclic amines) is 1. The molecule has 2 N–H and O–H groups in total. The Morgan fingerprint density at radius 1 is 1.33 bits per heavy atom. The SMILES string of the molecule is COC(=O)NCCCC(O)(c1ccccc1-c1ccncc1)C1CCCN(C=O)C1. The van der Waals surface area contributed by atoms with Gasteiger partial charge in [0.1, 0.15) is 0 Å². The molecule has 0 aliphatic carbocycles. The number of carbonyl (C=O) groups excluding carboxylic acids is 2. The average molecular weight is 412 g/mol. The zero-order valence-electron chi connectivity index (χ0n) is 17.3. The first kappa shape index (κ1) is 21.8. The molecular formula is C23H29N3O4. The molecule has 7 heteroatoms. The summed E-state index contributed by atoms with van der Waals surface area (Å²) >= 11 is 0. The van der Waals surface area contributed by atoms with Crippen LogP contribution in [0, 0.1) is 5.92 Å². The van der Waals surface area contributed by atoms with Crippen molar-refractivity contribution in [2.75, 3.05) is 26.7 Å². The molecule has 1 saturated heterocycles. The molecule has 1 aliphatic rings. The molecule has 2 atom stereocenters. The van der Waals surface area contributed by atoms with Gasteiger partial charge < -0.3 is 20.1 Å². The van der Waals surface area contributed by atoms with Crippen LogP contribution < -0.4 is 5.32 Å². The van der Waals surface area contributed by atoms with Crippen molar-refractivity contribution < 1.29 is 19.4 Å². The normalized spacial score (nSPS) is 18.3. The number of rotatable bonds is 8. The van der Waals surface area contributed by atoms with Gasteiger partial charge in [0.2, 0.25) is 6.41 Å². The van der Waals surface area contributed by atoms with Crippen LogP contribution in [-0.4, -0.2) is 54.2 Å². The van der Waals surface area contributed by atoms with E-state index >= 15 is 0 Å². The number of amides is 2. The highest BCUT2D eigenvalue weighted by molar-refractivity contribution is 5.68. The van der Waals surface area contributed by atoms with Gasteiger partial charge in [0.25, 0.3) is 0 Å². The van der Waals surface area contributed by atoms with Gasteiger partial charge in [-0.05, 0) is 54.5 Å². The maximum Gasteiger partial charge on any atom is 0.406 e. The smallest absolute Gasteiger partial charge is 0.406 e. The maximum absolute atomic E-state index is 12.1. The van der Waals surface area contributed by atoms with Crippen LogP contribution in [0.4, 0.5) is 4.79 Å². The van der Waals surface area contributed by atoms with Gasteiger partial charge >= 0.3 is 6.09 Å². The number of benzene rings is 1. The Bertz CT molecular complexity index is 845. The number of methoxy groups -OCH3 is 1. The number of piperidine rings is 1. The lowest BCUT2D eigenvalue weighted by molar-refractivity contribution is -0.123. The Kier molecular flexibility index (Phi) is 7.41. The molecule has 7 nitrogen and oxygen atoms in total. The fraction of sp³-hybridized carbons (Fsp3) is 0.435. The molecule has 3 rings (SSSR count). The fourth-order valence-corrected chi connectivity index (χ4v) is 4.32. The van der Waals surface area contributed by atoms with Crippen molar-refractivity contribution in [2.24, 2.45) is 5.92 Å². The summed E-state index contributed by atoms with van der Waals surface area (Å²) in [5.74, 6) is -0.0995. The summed E-state index contributed by atoms with van der Waals surface area (Å²) < 4.78 is 4.62. The van der Waals surface area contributed by atoms with Crippen LogP contribution >= 0.6 is 0 Å². The minimum absolute atomic E-state index is 0.0995. The molecule has 30 heavy (non-hydrogen) atoms. The largest absolute Gasteiger partial charge is 0.453 e. The highest BCUT2D eigenvalue weighted by Crippen LogP contribution is 2.43. The lowest BCUT2D eigenvalue weighted by atomic mass is 9.72. The van der Waals surface area contributed by atoms with E-state index in [9.17, 15) is 14.7 Å². The van der Waals surface area contributed by atoms with E-state index < -0.39 is 11.7 Å². The molecule has 0 radical (unpaired) electrons. The monoisotopic (exact) mass is 411 g/mol. The third-order valence-electron chi connectivity index (χ3n) is 5.85. The summed E-state index contributed by atoms with van der Waals surface area (Å²) in [6, 6.07) is 11.7. The predicted octanol–water partition coefficient (Wildman–Crippen LogP) is 2.94. The summed E-state index contributed by atoms with van der Waals surface area (Å²) in [6.45, 7) is 1.62. The summed E-state index contributed by atoms with van der Waals surface area (Å²) in [5.41, 5.74) is 1.63. The fourth-order valence-electron chi connectivity index (χ4n) is 4.32. The van der Waals surface area contributed by atoms with Gasteiger partial charge in [-0.3, -0.25) is 9.78 Å². The lowest BCUT2D eigenvalue weighted by Gasteiger charge is -2.42. The van der Waals surface area contributed by atoms with Crippen molar-refractivity contribution in [3.05, 3.63) is 54.4 Å². The van der Waals surface area contributed by atoms with Crippen LogP contribution in [0.25, 0.3) is 11.1 Å². The first-order valence-corrected chi connectivity index (χ1v) is 10.3. The first-order valence-electron chi connectivity index (χ1n) is 10.3. The summed E-state index contributed by atoms with van der Waals surface area (Å²) in [5, 5.41) is 14.8. The van der Waals surface area contributed by atoms with Gasteiger partial charge in [0, 0.05) is 37.9 Å². The highest BCUT2D eigenvalue weighted by atomic mass is 16.5. The molecule has 1 aromatic carbocycles. The quantitative estimate of drug-likeness (QED) is 0.515. The molecule has 1 fully saturated rings. The van der Waals surface area contributed by atoms with E-state index in [2.05, 4.69) is 15.0 Å². The number of carbonyl (C=O) groups is 2. The molecule has 160 valence electrons. The van der Waals surface area contributed by atoms with Crippen LogP contribution in [-0.2, 0) is 15.1 Å². The topological polar surface area (TPSA) is 91.8 Å². The summed E-state index contributed by atoms with van der Waals surface area (Å²) in [4.78, 5) is 28.6. The second-order valence-electron chi connectivity index (χ2n) is 7.67. The van der Waals surface area contributed by atoms with E-state index in [1.54, 1.807) is 17.3 Å². The Balaban J connectivity index is 1.93. The van der Waals surface area contributed by atoms with Gasteiger partial charge in [-0.1, -0.05) is 24.3 Å². The number of aromatic nitrogens is 1. The molecule has 2 unspecified atom stereocenters. The van der Waals surface area contributed by atoms with Crippen LogP contribution in [0.1, 0.15) is 31.2 Å². The van der Waals surface area contributed by atoms with Crippen molar-refractivity contribution in [1.29, 1.82) is 0 Å². The predicted molar refractivity (Wildman–Crippen MR) is 114 cm³/mol. The molecule has 0 bridgehead atoms. The Morgan fingerprint density at radius 3 is 2.83 bits per heavy atom. The van der Waals surface area contributed by atoms with Crippen LogP contribution in [0.3, 0.4) is 0 Å². The number of pyridine rings is 1. The number of ether oxygens (including phenoxy) is 1. The number of alkyl carbamates (subject to hydrolysis) is 1. The molecular weight excluding hydrogens is 382 g/mol. The Hall–Kier alpha value is -2.93. The van der Waals surface area contributed by atoms with E-state index in [0.29, 0.717) is 32.5 Å². The van der Waals surface area contributed by atoms with E-state index in [-0.39, 0.29) is 5.92 Å². The molecule has 0 saturated carbocycles. The average Bonchev–Trinajstić information content (AvgIpc) is 2.82. The van der Waals surface area contributed by atoms with Crippen molar-refractivity contribution in [3.63, 3.8) is 0 Å². The van der Waals surface area contributed by atoms with Gasteiger partial charge in [0.15, 0.2) is 0 Å². The maximum atomic E-state index is 12.1. The molecule has 2 aromatic rings. The van der Waals surface area contributed by atoms with Crippen molar-refractivity contribution in [3.8, 4) is 11.1 Å². The lowest BCUT2D eigenvalue weighted by Crippen LogP contribution is -2.46. The Morgan fingerprint density at radius 2 is 2.10 bits per heavy atom. The Labute approximate surface area is 177 Å². The minimum Gasteiger partial charge on any atom is -0.453 e. The zero-order chi connectivity index (χ0) is 21.4. The molecule has 1 aliphatic heterocycles. The van der Waals surface area contributed by atoms with E-state index in [1.807, 2.05) is 36.4 Å². The van der Waals surface area contributed by atoms with Crippen LogP contribution in [0.15, 0.2) is 48.8 Å². The molecule has 2 amide bonds. The van der Waals surface area contributed by atoms with E-state index in [4.69, 9.17) is 0 Å². The van der Waals surface area contributed by atoms with Crippen molar-refractivity contribution in [2.45, 2.75) is 31.3 Å². The number of hydrogen-bond acceptors (Lipinski definition) is 5. The highest BCUT2D eigenvalue weighted by Gasteiger charge is 2.41. The van der Waals surface area contributed by atoms with Crippen LogP contribution in [0.2, 0.25) is 0 Å². The minimum atomic E-state index is -1.14. The second kappa shape index (κ2) is 10.2. The first-order chi connectivity index (χ1) is 14.6. The van der Waals surface area contributed by atoms with Crippen molar-refractivity contribution in [1.82, 2.24) is 15.2 Å². The number of hydrogen-bond donors (Lipinski definition) is 2. The standard InChI is InChI=1S/C23H29N3O4/c1-30-22(28)25-12-5-11-23(29,19-6-4-15-26(16-19)17-27)21-8-3-2-7-20(21)18-9-13-24-14-10-18/h2-3,7-10,13-14,17,19,29H,4-6,11-12,15-16H2,1H3,(H,25,28). The van der Waals surface area contributed by atoms with Crippen molar-refractivity contribution >= 4 is 12.5 Å². The van der Waals surface area contributed by atoms with E-state index in [1.165, 1.54) is 7.11 Å². The summed E-state index contributed by atoms with van der Waals surface area (Å²) in [6.07, 6.45) is 6.56. The third kappa shape index (κ3) is 4.97. The van der Waals surface area contributed by atoms with Crippen LogP contribution in [0.5, 0.6) is 0 Å². The third-order valence-corrected chi connectivity index (χ3v) is 5.85. The van der Waals surface area contributed by atoms with E-state index in [0.717, 1.165) is 35.9 Å². The van der Waals surface area contributed by atoms with Gasteiger partial charge in [0.05, 0.1) is 12.7 Å². The second-order valence-corrected chi connectivity index (χ2v) is 7.67. The zero-order valence-corrected chi connectivity index (χ0v) is 17.3. The summed E-state index contributed by atoms with van der Waals surface area (Å²) in [7, 11) is 1.33. The van der Waals surface area contributed by atoms with Gasteiger partial charge in [-0.2, -0.15) is 0 Å². The molecule has 0 spiro atoms. The molecule has 2 heterocycles. The van der Waals surface area contributed by atoms with Gasteiger partial charge in [-0.15, -0.1) is 0 Å². The van der Waals surface area contributed by atoms with Gasteiger partial charge in [-0.25, -0.2) is 4.79 Å². The molecule has 1 aromatic heterocycles. The number of nitrogens with zero attached hydrogens (tertiary/aromatic N) is 2. The number of nitrogens with one attached hydrogen (secondary N) is 1.